The maximum atomic E-state index is 13.2. The molecule has 1 atom stereocenters. The highest BCUT2D eigenvalue weighted by Gasteiger charge is 2.13. The fraction of sp³-hybridized carbons (Fsp3) is 0.300. The summed E-state index contributed by atoms with van der Waals surface area (Å²) < 4.78 is 17.8. The predicted octanol–water partition coefficient (Wildman–Crippen LogP) is 0.946. The van der Waals surface area contributed by atoms with Crippen molar-refractivity contribution in [1.29, 1.82) is 0 Å². The van der Waals surface area contributed by atoms with Crippen LogP contribution < -0.4 is 5.73 Å². The van der Waals surface area contributed by atoms with Crippen molar-refractivity contribution in [2.75, 3.05) is 12.3 Å². The van der Waals surface area contributed by atoms with Gasteiger partial charge in [0.1, 0.15) is 12.4 Å². The molecule has 1 aromatic carbocycles. The van der Waals surface area contributed by atoms with Crippen LogP contribution in [0, 0.1) is 5.82 Å². The van der Waals surface area contributed by atoms with Crippen LogP contribution >= 0.6 is 0 Å². The zero-order valence-electron chi connectivity index (χ0n) is 8.24. The molecule has 1 aromatic rings. The van der Waals surface area contributed by atoms with E-state index in [-0.39, 0.29) is 17.9 Å². The maximum Gasteiger partial charge on any atom is 0.341 e. The van der Waals surface area contributed by atoms with E-state index in [1.54, 1.807) is 0 Å². The number of aliphatic hydroxyl groups is 1. The molecule has 15 heavy (non-hydrogen) atoms. The number of anilines is 1. The van der Waals surface area contributed by atoms with Crippen LogP contribution in [0.15, 0.2) is 18.2 Å². The van der Waals surface area contributed by atoms with Crippen LogP contribution in [0.25, 0.3) is 0 Å². The molecule has 5 heteroatoms. The van der Waals surface area contributed by atoms with E-state index in [9.17, 15) is 9.18 Å². The molecule has 0 spiro atoms. The molecule has 0 aliphatic carbocycles. The number of carbonyl (C=O) groups excluding carboxylic acids is 1. The Labute approximate surface area is 86.5 Å². The molecule has 0 fully saturated rings. The van der Waals surface area contributed by atoms with E-state index in [0.29, 0.717) is 0 Å². The van der Waals surface area contributed by atoms with Gasteiger partial charge in [-0.1, -0.05) is 0 Å². The number of halogens is 1. The van der Waals surface area contributed by atoms with Gasteiger partial charge in [-0.2, -0.15) is 0 Å². The first kappa shape index (κ1) is 11.5. The van der Waals surface area contributed by atoms with E-state index < -0.39 is 17.9 Å². The van der Waals surface area contributed by atoms with E-state index in [0.717, 1.165) is 6.07 Å². The van der Waals surface area contributed by atoms with Crippen molar-refractivity contribution >= 4 is 11.7 Å². The van der Waals surface area contributed by atoms with Crippen molar-refractivity contribution in [2.45, 2.75) is 13.0 Å². The van der Waals surface area contributed by atoms with Gasteiger partial charge in [-0.15, -0.1) is 0 Å². The number of benzene rings is 1. The lowest BCUT2D eigenvalue weighted by Gasteiger charge is -2.07. The summed E-state index contributed by atoms with van der Waals surface area (Å²) in [6.45, 7) is 1.30. The molecule has 0 saturated carbocycles. The van der Waals surface area contributed by atoms with E-state index in [1.807, 2.05) is 0 Å². The van der Waals surface area contributed by atoms with Crippen LogP contribution in [-0.4, -0.2) is 23.8 Å². The number of hydrogen-bond donors (Lipinski definition) is 2. The molecule has 0 saturated heterocycles. The molecule has 82 valence electrons. The summed E-state index contributed by atoms with van der Waals surface area (Å²) in [7, 11) is 0. The van der Waals surface area contributed by atoms with Crippen molar-refractivity contribution in [1.82, 2.24) is 0 Å². The van der Waals surface area contributed by atoms with Gasteiger partial charge in [-0.05, 0) is 25.1 Å². The smallest absolute Gasteiger partial charge is 0.341 e. The second-order valence-electron chi connectivity index (χ2n) is 3.19. The quantitative estimate of drug-likeness (QED) is 0.579. The standard InChI is InChI=1S/C10H12FNO3/c1-6(13)5-15-10(14)8-3-2-7(12)4-9(8)11/h2-4,6,13H,5,12H2,1H3. The highest BCUT2D eigenvalue weighted by atomic mass is 19.1. The molecule has 4 nitrogen and oxygen atoms in total. The van der Waals surface area contributed by atoms with Gasteiger partial charge in [-0.25, -0.2) is 9.18 Å². The average Bonchev–Trinajstić information content (AvgIpc) is 2.14. The number of hydrogen-bond acceptors (Lipinski definition) is 4. The van der Waals surface area contributed by atoms with Crippen LogP contribution in [0.4, 0.5) is 10.1 Å². The lowest BCUT2D eigenvalue weighted by atomic mass is 10.2. The highest BCUT2D eigenvalue weighted by Crippen LogP contribution is 2.12. The van der Waals surface area contributed by atoms with Gasteiger partial charge < -0.3 is 15.6 Å². The number of nitrogens with two attached hydrogens (primary N) is 1. The number of rotatable bonds is 3. The summed E-state index contributed by atoms with van der Waals surface area (Å²) in [4.78, 5) is 11.3. The maximum absolute atomic E-state index is 13.2. The summed E-state index contributed by atoms with van der Waals surface area (Å²) in [5.74, 6) is -1.54. The van der Waals surface area contributed by atoms with Gasteiger partial charge in [0.2, 0.25) is 0 Å². The van der Waals surface area contributed by atoms with Crippen LogP contribution in [0.5, 0.6) is 0 Å². The average molecular weight is 213 g/mol. The molecule has 0 amide bonds. The molecule has 0 aliphatic heterocycles. The summed E-state index contributed by atoms with van der Waals surface area (Å²) in [6, 6.07) is 3.69. The van der Waals surface area contributed by atoms with Crippen molar-refractivity contribution in [3.63, 3.8) is 0 Å². The summed E-state index contributed by atoms with van der Waals surface area (Å²) in [5, 5.41) is 8.87. The van der Waals surface area contributed by atoms with Gasteiger partial charge in [0.05, 0.1) is 11.7 Å². The Morgan fingerprint density at radius 1 is 1.67 bits per heavy atom. The number of carbonyl (C=O) groups is 1. The molecule has 0 aliphatic rings. The van der Waals surface area contributed by atoms with Crippen molar-refractivity contribution in [2.24, 2.45) is 0 Å². The highest BCUT2D eigenvalue weighted by molar-refractivity contribution is 5.90. The summed E-state index contributed by atoms with van der Waals surface area (Å²) >= 11 is 0. The molecular weight excluding hydrogens is 201 g/mol. The van der Waals surface area contributed by atoms with Crippen LogP contribution in [-0.2, 0) is 4.74 Å². The minimum Gasteiger partial charge on any atom is -0.459 e. The molecular formula is C10H12FNO3. The van der Waals surface area contributed by atoms with E-state index in [4.69, 9.17) is 10.8 Å². The van der Waals surface area contributed by atoms with Gasteiger partial charge in [-0.3, -0.25) is 0 Å². The van der Waals surface area contributed by atoms with Gasteiger partial charge in [0, 0.05) is 5.69 Å². The summed E-state index contributed by atoms with van der Waals surface area (Å²) in [5.41, 5.74) is 5.36. The Kier molecular flexibility index (Phi) is 3.62. The minimum atomic E-state index is -0.812. The Hall–Kier alpha value is -1.62. The Bertz CT molecular complexity index is 366. The van der Waals surface area contributed by atoms with Crippen molar-refractivity contribution < 1.29 is 19.0 Å². The third kappa shape index (κ3) is 3.21. The third-order valence-electron chi connectivity index (χ3n) is 1.67. The third-order valence-corrected chi connectivity index (χ3v) is 1.67. The number of aliphatic hydroxyl groups excluding tert-OH is 1. The monoisotopic (exact) mass is 213 g/mol. The number of ether oxygens (including phenoxy) is 1. The SMILES string of the molecule is CC(O)COC(=O)c1ccc(N)cc1F. The zero-order valence-corrected chi connectivity index (χ0v) is 8.24. The molecule has 1 unspecified atom stereocenters. The fourth-order valence-electron chi connectivity index (χ4n) is 0.971. The van der Waals surface area contributed by atoms with E-state index >= 15 is 0 Å². The zero-order chi connectivity index (χ0) is 11.4. The normalized spacial score (nSPS) is 12.2. The number of esters is 1. The van der Waals surface area contributed by atoms with Gasteiger partial charge in [0.25, 0.3) is 0 Å². The first-order valence-electron chi connectivity index (χ1n) is 4.41. The predicted molar refractivity (Wildman–Crippen MR) is 52.8 cm³/mol. The first-order valence-corrected chi connectivity index (χ1v) is 4.41. The minimum absolute atomic E-state index is 0.164. The van der Waals surface area contributed by atoms with Crippen molar-refractivity contribution in [3.8, 4) is 0 Å². The molecule has 3 N–H and O–H groups in total. The first-order chi connectivity index (χ1) is 7.00. The largest absolute Gasteiger partial charge is 0.459 e. The van der Waals surface area contributed by atoms with Crippen LogP contribution in [0.1, 0.15) is 17.3 Å². The summed E-state index contributed by atoms with van der Waals surface area (Å²) in [6.07, 6.45) is -0.772. The molecule has 0 aromatic heterocycles. The second kappa shape index (κ2) is 4.75. The molecule has 0 radical (unpaired) electrons. The molecule has 0 heterocycles. The lowest BCUT2D eigenvalue weighted by Crippen LogP contribution is -2.16. The van der Waals surface area contributed by atoms with E-state index in [2.05, 4.69) is 4.74 Å². The molecule has 1 rings (SSSR count). The van der Waals surface area contributed by atoms with E-state index in [1.165, 1.54) is 19.1 Å². The van der Waals surface area contributed by atoms with Crippen LogP contribution in [0.2, 0.25) is 0 Å². The van der Waals surface area contributed by atoms with Gasteiger partial charge >= 0.3 is 5.97 Å². The van der Waals surface area contributed by atoms with Gasteiger partial charge in [0.15, 0.2) is 0 Å². The lowest BCUT2D eigenvalue weighted by molar-refractivity contribution is 0.0292. The van der Waals surface area contributed by atoms with Crippen LogP contribution in [0.3, 0.4) is 0 Å². The fourth-order valence-corrected chi connectivity index (χ4v) is 0.971. The topological polar surface area (TPSA) is 72.5 Å². The number of nitrogen functional groups attached to an aromatic ring is 1. The Morgan fingerprint density at radius 3 is 2.87 bits per heavy atom. The Balaban J connectivity index is 2.74. The second-order valence-corrected chi connectivity index (χ2v) is 3.19. The van der Waals surface area contributed by atoms with Crippen molar-refractivity contribution in [3.05, 3.63) is 29.6 Å². The Morgan fingerprint density at radius 2 is 2.33 bits per heavy atom. The molecule has 0 bridgehead atoms.